The van der Waals surface area contributed by atoms with E-state index in [0.717, 1.165) is 24.1 Å². The first-order valence-corrected chi connectivity index (χ1v) is 9.71. The van der Waals surface area contributed by atoms with Crippen molar-refractivity contribution in [2.24, 2.45) is 11.8 Å². The van der Waals surface area contributed by atoms with Crippen LogP contribution in [-0.2, 0) is 9.63 Å². The third-order valence-electron chi connectivity index (χ3n) is 5.15. The zero-order chi connectivity index (χ0) is 18.9. The number of carboxylic acid groups (broad SMARTS) is 1. The van der Waals surface area contributed by atoms with Crippen LogP contribution in [0.5, 0.6) is 0 Å². The first kappa shape index (κ1) is 20.8. The van der Waals surface area contributed by atoms with E-state index in [0.29, 0.717) is 19.3 Å². The molecule has 2 aliphatic carbocycles. The van der Waals surface area contributed by atoms with E-state index in [1.165, 1.54) is 19.3 Å². The van der Waals surface area contributed by atoms with Gasteiger partial charge in [-0.2, -0.15) is 0 Å². The normalized spacial score (nSPS) is 25.1. The van der Waals surface area contributed by atoms with Gasteiger partial charge in [-0.1, -0.05) is 44.4 Å². The Balaban J connectivity index is 1.73. The lowest BCUT2D eigenvalue weighted by molar-refractivity contribution is -0.138. The minimum atomic E-state index is -0.897. The van der Waals surface area contributed by atoms with Gasteiger partial charge in [0.05, 0.1) is 25.0 Å². The van der Waals surface area contributed by atoms with Crippen LogP contribution in [0.25, 0.3) is 0 Å². The Morgan fingerprint density at radius 3 is 2.81 bits per heavy atom. The molecule has 0 radical (unpaired) electrons. The van der Waals surface area contributed by atoms with Crippen LogP contribution in [0.2, 0.25) is 0 Å². The maximum Gasteiger partial charge on any atom is 0.305 e. The zero-order valence-corrected chi connectivity index (χ0v) is 15.5. The van der Waals surface area contributed by atoms with Crippen LogP contribution in [0.3, 0.4) is 0 Å². The molecule has 0 spiro atoms. The van der Waals surface area contributed by atoms with E-state index in [2.05, 4.69) is 24.2 Å². The highest BCUT2D eigenvalue weighted by Crippen LogP contribution is 2.48. The lowest BCUT2D eigenvalue weighted by Crippen LogP contribution is -2.32. The van der Waals surface area contributed by atoms with E-state index in [-0.39, 0.29) is 24.9 Å². The number of fused-ring (bicyclic) bond motifs is 1. The van der Waals surface area contributed by atoms with Crippen molar-refractivity contribution < 1.29 is 25.0 Å². The van der Waals surface area contributed by atoms with Crippen LogP contribution in [0.1, 0.15) is 64.7 Å². The molecule has 0 aromatic carbocycles. The van der Waals surface area contributed by atoms with Gasteiger partial charge in [-0.05, 0) is 31.3 Å². The molecule has 0 aromatic rings. The quantitative estimate of drug-likeness (QED) is 0.255. The van der Waals surface area contributed by atoms with Crippen molar-refractivity contribution >= 4 is 5.97 Å². The molecule has 1 fully saturated rings. The van der Waals surface area contributed by atoms with E-state index in [1.54, 1.807) is 0 Å². The first-order valence-electron chi connectivity index (χ1n) is 9.71. The average molecular weight is 365 g/mol. The molecule has 4 atom stereocenters. The number of aliphatic hydroxyl groups excluding tert-OH is 2. The predicted octanol–water partition coefficient (Wildman–Crippen LogP) is 2.36. The lowest BCUT2D eigenvalue weighted by Gasteiger charge is -2.30. The van der Waals surface area contributed by atoms with Crippen molar-refractivity contribution in [3.05, 3.63) is 11.3 Å². The van der Waals surface area contributed by atoms with Gasteiger partial charge >= 0.3 is 5.97 Å². The Hall–Kier alpha value is -1.55. The van der Waals surface area contributed by atoms with Gasteiger partial charge in [0.1, 0.15) is 6.10 Å². The number of nitrogens with one attached hydrogen (secondary N) is 1. The molecule has 0 amide bonds. The fourth-order valence-corrected chi connectivity index (χ4v) is 3.54. The second kappa shape index (κ2) is 10.6. The van der Waals surface area contributed by atoms with Crippen LogP contribution in [0, 0.1) is 23.7 Å². The Bertz CT molecular complexity index is 562. The number of hydrogen-bond acceptors (Lipinski definition) is 5. The molecule has 2 rings (SSSR count). The van der Waals surface area contributed by atoms with Crippen molar-refractivity contribution in [1.82, 2.24) is 5.48 Å². The summed E-state index contributed by atoms with van der Waals surface area (Å²) >= 11 is 0. The van der Waals surface area contributed by atoms with E-state index < -0.39 is 18.2 Å². The zero-order valence-electron chi connectivity index (χ0n) is 15.5. The molecule has 0 aliphatic heterocycles. The number of rotatable bonds is 11. The van der Waals surface area contributed by atoms with Crippen molar-refractivity contribution in [3.8, 4) is 11.8 Å². The summed E-state index contributed by atoms with van der Waals surface area (Å²) in [4.78, 5) is 15.6. The van der Waals surface area contributed by atoms with E-state index in [1.807, 2.05) is 0 Å². The summed E-state index contributed by atoms with van der Waals surface area (Å²) in [5.74, 6) is 5.01. The van der Waals surface area contributed by atoms with Crippen molar-refractivity contribution in [1.29, 1.82) is 0 Å². The standard InChI is InChI=1S/C20H31NO5/c1-2-3-4-5-6-7-15(22)9-8-14-12-16-17(20(14)25)13-18(16)21-26-11-10-19(23)24/h14-15,17,20-22,25H,2-7,10-13H2,1H3,(H,23,24). The van der Waals surface area contributed by atoms with Crippen molar-refractivity contribution in [2.75, 3.05) is 6.61 Å². The molecular weight excluding hydrogens is 334 g/mol. The molecule has 4 N–H and O–H groups in total. The van der Waals surface area contributed by atoms with Gasteiger partial charge in [0.2, 0.25) is 0 Å². The molecule has 0 aromatic heterocycles. The fourth-order valence-electron chi connectivity index (χ4n) is 3.54. The molecule has 0 saturated heterocycles. The van der Waals surface area contributed by atoms with Gasteiger partial charge in [0, 0.05) is 11.6 Å². The van der Waals surface area contributed by atoms with Gasteiger partial charge in [-0.25, -0.2) is 0 Å². The minimum absolute atomic E-state index is 0.0495. The van der Waals surface area contributed by atoms with Crippen molar-refractivity contribution in [3.63, 3.8) is 0 Å². The topological polar surface area (TPSA) is 99.0 Å². The Kier molecular flexibility index (Phi) is 8.43. The van der Waals surface area contributed by atoms with Crippen LogP contribution >= 0.6 is 0 Å². The number of carbonyl (C=O) groups is 1. The molecule has 26 heavy (non-hydrogen) atoms. The molecule has 6 heteroatoms. The van der Waals surface area contributed by atoms with E-state index >= 15 is 0 Å². The monoisotopic (exact) mass is 365 g/mol. The lowest BCUT2D eigenvalue weighted by atomic mass is 9.83. The summed E-state index contributed by atoms with van der Waals surface area (Å²) in [5.41, 5.74) is 4.85. The Morgan fingerprint density at radius 1 is 1.31 bits per heavy atom. The molecule has 6 nitrogen and oxygen atoms in total. The highest BCUT2D eigenvalue weighted by molar-refractivity contribution is 5.66. The van der Waals surface area contributed by atoms with Gasteiger partial charge < -0.3 is 15.3 Å². The SMILES string of the molecule is CCCCCCCC(O)C#CC1CC2=C(NOCCC(=O)O)CC2C1O. The molecule has 1 saturated carbocycles. The number of hydroxylamine groups is 1. The average Bonchev–Trinajstić information content (AvgIpc) is 2.83. The summed E-state index contributed by atoms with van der Waals surface area (Å²) in [7, 11) is 0. The predicted molar refractivity (Wildman–Crippen MR) is 97.7 cm³/mol. The molecule has 0 bridgehead atoms. The number of carboxylic acids is 1. The number of hydrogen-bond donors (Lipinski definition) is 4. The molecule has 0 heterocycles. The van der Waals surface area contributed by atoms with E-state index in [9.17, 15) is 15.0 Å². The summed E-state index contributed by atoms with van der Waals surface area (Å²) in [6.45, 7) is 2.28. The van der Waals surface area contributed by atoms with Gasteiger partial charge in [0.25, 0.3) is 0 Å². The second-order valence-corrected chi connectivity index (χ2v) is 7.22. The number of aliphatic hydroxyl groups is 2. The summed E-state index contributed by atoms with van der Waals surface area (Å²) in [6.07, 6.45) is 6.66. The summed E-state index contributed by atoms with van der Waals surface area (Å²) < 4.78 is 0. The smallest absolute Gasteiger partial charge is 0.305 e. The molecule has 4 unspecified atom stereocenters. The number of aliphatic carboxylic acids is 1. The maximum atomic E-state index is 10.4. The second-order valence-electron chi connectivity index (χ2n) is 7.22. The van der Waals surface area contributed by atoms with Crippen LogP contribution in [-0.4, -0.2) is 40.1 Å². The van der Waals surface area contributed by atoms with Crippen LogP contribution in [0.4, 0.5) is 0 Å². The molecule has 2 aliphatic rings. The van der Waals surface area contributed by atoms with Gasteiger partial charge in [-0.3, -0.25) is 15.1 Å². The van der Waals surface area contributed by atoms with Gasteiger partial charge in [-0.15, -0.1) is 0 Å². The Labute approximate surface area is 155 Å². The van der Waals surface area contributed by atoms with Crippen LogP contribution < -0.4 is 5.48 Å². The van der Waals surface area contributed by atoms with Gasteiger partial charge in [0.15, 0.2) is 0 Å². The molecular formula is C20H31NO5. The largest absolute Gasteiger partial charge is 0.481 e. The fraction of sp³-hybridized carbons (Fsp3) is 0.750. The minimum Gasteiger partial charge on any atom is -0.481 e. The first-order chi connectivity index (χ1) is 12.5. The third kappa shape index (κ3) is 6.01. The van der Waals surface area contributed by atoms with E-state index in [4.69, 9.17) is 9.94 Å². The number of unbranched alkanes of at least 4 members (excludes halogenated alkanes) is 4. The summed E-state index contributed by atoms with van der Waals surface area (Å²) in [6, 6.07) is 0. The Morgan fingerprint density at radius 2 is 2.08 bits per heavy atom. The third-order valence-corrected chi connectivity index (χ3v) is 5.15. The van der Waals surface area contributed by atoms with Crippen LogP contribution in [0.15, 0.2) is 11.3 Å². The highest BCUT2D eigenvalue weighted by atomic mass is 16.6. The summed E-state index contributed by atoms with van der Waals surface area (Å²) in [5, 5.41) is 28.9. The number of allylic oxidation sites excluding steroid dienone is 1. The maximum absolute atomic E-state index is 10.4. The van der Waals surface area contributed by atoms with Crippen molar-refractivity contribution in [2.45, 2.75) is 76.9 Å². The molecule has 146 valence electrons. The highest BCUT2D eigenvalue weighted by Gasteiger charge is 2.45.